The fourth-order valence-electron chi connectivity index (χ4n) is 2.79. The molecule has 3 rings (SSSR count). The van der Waals surface area contributed by atoms with Crippen molar-refractivity contribution in [2.45, 2.75) is 26.6 Å². The van der Waals surface area contributed by atoms with Crippen molar-refractivity contribution >= 4 is 5.69 Å². The summed E-state index contributed by atoms with van der Waals surface area (Å²) < 4.78 is 0. The van der Waals surface area contributed by atoms with E-state index in [0.29, 0.717) is 0 Å². The second-order valence-electron chi connectivity index (χ2n) is 5.15. The molecule has 1 aromatic heterocycles. The zero-order chi connectivity index (χ0) is 14.1. The second-order valence-corrected chi connectivity index (χ2v) is 5.15. The maximum Gasteiger partial charge on any atom is 0.269 e. The molecule has 104 valence electrons. The van der Waals surface area contributed by atoms with Gasteiger partial charge in [0.1, 0.15) is 0 Å². The van der Waals surface area contributed by atoms with Crippen LogP contribution in [0.25, 0.3) is 0 Å². The molecule has 1 aliphatic rings. The predicted molar refractivity (Wildman–Crippen MR) is 78.7 cm³/mol. The molecule has 5 heteroatoms. The molecule has 0 radical (unpaired) electrons. The van der Waals surface area contributed by atoms with Gasteiger partial charge in [0.25, 0.3) is 5.56 Å². The second kappa shape index (κ2) is 5.09. The highest BCUT2D eigenvalue weighted by molar-refractivity contribution is 5.55. The maximum absolute atomic E-state index is 11.7. The number of nitrogens with zero attached hydrogens (tertiary/aromatic N) is 2. The number of anilines is 1. The SMILES string of the molecule is CNCc1cccc2c1CN(c1cn[nH]c(=O)c1C)C2. The molecule has 0 bridgehead atoms. The number of fused-ring (bicyclic) bond motifs is 1. The minimum atomic E-state index is -0.117. The summed E-state index contributed by atoms with van der Waals surface area (Å²) in [5.41, 5.74) is 5.54. The van der Waals surface area contributed by atoms with E-state index in [9.17, 15) is 4.79 Å². The molecular weight excluding hydrogens is 252 g/mol. The van der Waals surface area contributed by atoms with Crippen LogP contribution < -0.4 is 15.8 Å². The van der Waals surface area contributed by atoms with Crippen molar-refractivity contribution in [1.29, 1.82) is 0 Å². The summed E-state index contributed by atoms with van der Waals surface area (Å²) >= 11 is 0. The zero-order valence-corrected chi connectivity index (χ0v) is 11.7. The molecule has 2 N–H and O–H groups in total. The van der Waals surface area contributed by atoms with Crippen molar-refractivity contribution in [3.8, 4) is 0 Å². The lowest BCUT2D eigenvalue weighted by atomic mass is 10.0. The minimum Gasteiger partial charge on any atom is -0.361 e. The van der Waals surface area contributed by atoms with E-state index in [-0.39, 0.29) is 5.56 Å². The van der Waals surface area contributed by atoms with Crippen molar-refractivity contribution in [2.24, 2.45) is 0 Å². The van der Waals surface area contributed by atoms with E-state index in [2.05, 4.69) is 38.6 Å². The molecule has 1 aromatic carbocycles. The third-order valence-electron chi connectivity index (χ3n) is 3.87. The van der Waals surface area contributed by atoms with Gasteiger partial charge in [-0.1, -0.05) is 18.2 Å². The maximum atomic E-state index is 11.7. The zero-order valence-electron chi connectivity index (χ0n) is 11.7. The Kier molecular flexibility index (Phi) is 3.28. The van der Waals surface area contributed by atoms with Gasteiger partial charge in [0.2, 0.25) is 0 Å². The number of hydrogen-bond acceptors (Lipinski definition) is 4. The molecule has 2 heterocycles. The Hall–Kier alpha value is -2.14. The summed E-state index contributed by atoms with van der Waals surface area (Å²) in [7, 11) is 1.96. The monoisotopic (exact) mass is 270 g/mol. The van der Waals surface area contributed by atoms with Crippen LogP contribution in [0.3, 0.4) is 0 Å². The molecule has 5 nitrogen and oxygen atoms in total. The molecule has 1 aliphatic heterocycles. The fourth-order valence-corrected chi connectivity index (χ4v) is 2.79. The van der Waals surface area contributed by atoms with Crippen LogP contribution in [0.1, 0.15) is 22.3 Å². The number of rotatable bonds is 3. The Balaban J connectivity index is 1.96. The van der Waals surface area contributed by atoms with Gasteiger partial charge in [-0.05, 0) is 30.7 Å². The molecular formula is C15H18N4O. The van der Waals surface area contributed by atoms with E-state index in [1.54, 1.807) is 6.20 Å². The van der Waals surface area contributed by atoms with E-state index >= 15 is 0 Å². The number of H-pyrrole nitrogens is 1. The predicted octanol–water partition coefficient (Wildman–Crippen LogP) is 1.32. The summed E-state index contributed by atoms with van der Waals surface area (Å²) in [6.07, 6.45) is 1.74. The van der Waals surface area contributed by atoms with Crippen LogP contribution in [0.4, 0.5) is 5.69 Å². The lowest BCUT2D eigenvalue weighted by Gasteiger charge is -2.18. The van der Waals surface area contributed by atoms with Crippen LogP contribution in [-0.2, 0) is 19.6 Å². The minimum absolute atomic E-state index is 0.117. The summed E-state index contributed by atoms with van der Waals surface area (Å²) in [4.78, 5) is 13.9. The highest BCUT2D eigenvalue weighted by Gasteiger charge is 2.23. The van der Waals surface area contributed by atoms with E-state index in [4.69, 9.17) is 0 Å². The third kappa shape index (κ3) is 2.10. The Morgan fingerprint density at radius 2 is 2.25 bits per heavy atom. The number of benzene rings is 1. The van der Waals surface area contributed by atoms with Crippen LogP contribution in [0.5, 0.6) is 0 Å². The molecule has 0 fully saturated rings. The summed E-state index contributed by atoms with van der Waals surface area (Å²) in [6, 6.07) is 6.41. The van der Waals surface area contributed by atoms with Crippen molar-refractivity contribution in [2.75, 3.05) is 11.9 Å². The van der Waals surface area contributed by atoms with Crippen molar-refractivity contribution < 1.29 is 0 Å². The van der Waals surface area contributed by atoms with Gasteiger partial charge in [0, 0.05) is 25.2 Å². The summed E-state index contributed by atoms with van der Waals surface area (Å²) in [6.45, 7) is 4.37. The Morgan fingerprint density at radius 1 is 1.40 bits per heavy atom. The average molecular weight is 270 g/mol. The van der Waals surface area contributed by atoms with Crippen LogP contribution in [0, 0.1) is 6.92 Å². The highest BCUT2D eigenvalue weighted by Crippen LogP contribution is 2.30. The van der Waals surface area contributed by atoms with E-state index < -0.39 is 0 Å². The first-order chi connectivity index (χ1) is 9.70. The molecule has 0 unspecified atom stereocenters. The van der Waals surface area contributed by atoms with Gasteiger partial charge in [0.15, 0.2) is 0 Å². The molecule has 2 aromatic rings. The van der Waals surface area contributed by atoms with E-state index in [1.807, 2.05) is 14.0 Å². The van der Waals surface area contributed by atoms with E-state index in [0.717, 1.165) is 30.9 Å². The van der Waals surface area contributed by atoms with Crippen molar-refractivity contribution in [3.05, 3.63) is 57.0 Å². The highest BCUT2D eigenvalue weighted by atomic mass is 16.1. The normalized spacial score (nSPS) is 13.6. The third-order valence-corrected chi connectivity index (χ3v) is 3.87. The van der Waals surface area contributed by atoms with Crippen LogP contribution in [-0.4, -0.2) is 17.2 Å². The van der Waals surface area contributed by atoms with Crippen LogP contribution >= 0.6 is 0 Å². The molecule has 0 saturated carbocycles. The van der Waals surface area contributed by atoms with Gasteiger partial charge in [0.05, 0.1) is 11.9 Å². The first kappa shape index (κ1) is 12.9. The topological polar surface area (TPSA) is 61.0 Å². The molecule has 0 spiro atoms. The Morgan fingerprint density at radius 3 is 3.05 bits per heavy atom. The Labute approximate surface area is 117 Å². The lowest BCUT2D eigenvalue weighted by molar-refractivity contribution is 0.799. The quantitative estimate of drug-likeness (QED) is 0.883. The molecule has 0 aliphatic carbocycles. The summed E-state index contributed by atoms with van der Waals surface area (Å²) in [5.74, 6) is 0. The van der Waals surface area contributed by atoms with Gasteiger partial charge < -0.3 is 10.2 Å². The van der Waals surface area contributed by atoms with Crippen LogP contribution in [0.15, 0.2) is 29.2 Å². The number of nitrogens with one attached hydrogen (secondary N) is 2. The summed E-state index contributed by atoms with van der Waals surface area (Å²) in [5, 5.41) is 9.60. The lowest BCUT2D eigenvalue weighted by Crippen LogP contribution is -2.21. The Bertz CT molecular complexity index is 693. The molecule has 20 heavy (non-hydrogen) atoms. The standard InChI is InChI=1S/C15H18N4O/c1-10-14(7-17-18-15(10)20)19-8-12-5-3-4-11(6-16-2)13(12)9-19/h3-5,7,16H,6,8-9H2,1-2H3,(H,18,20). The van der Waals surface area contributed by atoms with Gasteiger partial charge >= 0.3 is 0 Å². The van der Waals surface area contributed by atoms with E-state index in [1.165, 1.54) is 16.7 Å². The number of hydrogen-bond donors (Lipinski definition) is 2. The smallest absolute Gasteiger partial charge is 0.269 e. The van der Waals surface area contributed by atoms with Gasteiger partial charge in [-0.2, -0.15) is 5.10 Å². The molecule has 0 amide bonds. The molecule has 0 saturated heterocycles. The molecule has 0 atom stereocenters. The number of aromatic amines is 1. The van der Waals surface area contributed by atoms with Gasteiger partial charge in [-0.3, -0.25) is 4.79 Å². The van der Waals surface area contributed by atoms with Crippen molar-refractivity contribution in [1.82, 2.24) is 15.5 Å². The average Bonchev–Trinajstić information content (AvgIpc) is 2.87. The largest absolute Gasteiger partial charge is 0.361 e. The van der Waals surface area contributed by atoms with Crippen LogP contribution in [0.2, 0.25) is 0 Å². The fraction of sp³-hybridized carbons (Fsp3) is 0.333. The number of aromatic nitrogens is 2. The first-order valence-electron chi connectivity index (χ1n) is 6.74. The first-order valence-corrected chi connectivity index (χ1v) is 6.74. The van der Waals surface area contributed by atoms with Gasteiger partial charge in [-0.25, -0.2) is 5.10 Å². The van der Waals surface area contributed by atoms with Crippen molar-refractivity contribution in [3.63, 3.8) is 0 Å². The van der Waals surface area contributed by atoms with Gasteiger partial charge in [-0.15, -0.1) is 0 Å².